The van der Waals surface area contributed by atoms with E-state index in [1.807, 2.05) is 6.07 Å². The molecule has 8 heteroatoms. The largest absolute Gasteiger partial charge is 0.360 e. The summed E-state index contributed by atoms with van der Waals surface area (Å²) in [6.07, 6.45) is 5.54. The molecule has 3 aromatic rings. The number of anilines is 1. The first kappa shape index (κ1) is 22.1. The quantitative estimate of drug-likeness (QED) is 0.544. The molecule has 7 nitrogen and oxygen atoms in total. The molecule has 3 N–H and O–H groups in total. The lowest BCUT2D eigenvalue weighted by atomic mass is 9.86. The molecule has 0 unspecified atom stereocenters. The first-order valence-corrected chi connectivity index (χ1v) is 12.3. The molecule has 1 heterocycles. The van der Waals surface area contributed by atoms with Gasteiger partial charge in [-0.2, -0.15) is 0 Å². The summed E-state index contributed by atoms with van der Waals surface area (Å²) in [4.78, 5) is 28.8. The molecule has 1 saturated carbocycles. The van der Waals surface area contributed by atoms with Crippen molar-refractivity contribution in [1.29, 1.82) is 0 Å². The minimum atomic E-state index is -3.91. The summed E-state index contributed by atoms with van der Waals surface area (Å²) in [6.45, 7) is 3.91. The van der Waals surface area contributed by atoms with Crippen LogP contribution in [0.2, 0.25) is 0 Å². The summed E-state index contributed by atoms with van der Waals surface area (Å²) in [7, 11) is -3.91. The number of benzene rings is 2. The molecular weight excluding hydrogens is 426 g/mol. The fourth-order valence-electron chi connectivity index (χ4n) is 4.20. The zero-order valence-electron chi connectivity index (χ0n) is 18.1. The van der Waals surface area contributed by atoms with E-state index in [9.17, 15) is 18.0 Å². The highest BCUT2D eigenvalue weighted by Gasteiger charge is 2.25. The Hall–Kier alpha value is -3.13. The molecule has 2 atom stereocenters. The van der Waals surface area contributed by atoms with Crippen LogP contribution in [0.1, 0.15) is 48.5 Å². The van der Waals surface area contributed by atoms with Crippen LogP contribution in [0.3, 0.4) is 0 Å². The second-order valence-electron chi connectivity index (χ2n) is 8.50. The van der Waals surface area contributed by atoms with Crippen molar-refractivity contribution >= 4 is 32.5 Å². The molecule has 1 aliphatic rings. The van der Waals surface area contributed by atoms with Gasteiger partial charge in [0.2, 0.25) is 5.43 Å². The molecule has 1 aromatic heterocycles. The Labute approximate surface area is 187 Å². The number of H-pyrrole nitrogens is 1. The summed E-state index contributed by atoms with van der Waals surface area (Å²) in [5, 5.41) is 3.14. The van der Waals surface area contributed by atoms with Crippen LogP contribution < -0.4 is 15.5 Å². The molecule has 4 rings (SSSR count). The monoisotopic (exact) mass is 453 g/mol. The molecular formula is C24H27N3O4S. The van der Waals surface area contributed by atoms with Gasteiger partial charge in [-0.1, -0.05) is 38.0 Å². The van der Waals surface area contributed by atoms with Crippen LogP contribution in [-0.4, -0.2) is 25.4 Å². The Kier molecular flexibility index (Phi) is 6.06. The Morgan fingerprint density at radius 3 is 2.59 bits per heavy atom. The number of carbonyl (C=O) groups is 1. The van der Waals surface area contributed by atoms with E-state index >= 15 is 0 Å². The highest BCUT2D eigenvalue weighted by Crippen LogP contribution is 2.24. The minimum Gasteiger partial charge on any atom is -0.360 e. The van der Waals surface area contributed by atoms with Crippen molar-refractivity contribution in [2.45, 2.75) is 50.5 Å². The second kappa shape index (κ2) is 8.78. The van der Waals surface area contributed by atoms with E-state index in [1.54, 1.807) is 25.1 Å². The lowest BCUT2D eigenvalue weighted by Gasteiger charge is -2.29. The van der Waals surface area contributed by atoms with Gasteiger partial charge in [0, 0.05) is 23.1 Å². The average Bonchev–Trinajstić information content (AvgIpc) is 2.77. The highest BCUT2D eigenvalue weighted by molar-refractivity contribution is 7.92. The van der Waals surface area contributed by atoms with Gasteiger partial charge in [-0.05, 0) is 55.5 Å². The summed E-state index contributed by atoms with van der Waals surface area (Å²) in [5.41, 5.74) is 1.21. The van der Waals surface area contributed by atoms with E-state index in [4.69, 9.17) is 0 Å². The summed E-state index contributed by atoms with van der Waals surface area (Å²) in [6, 6.07) is 11.4. The third-order valence-corrected chi connectivity index (χ3v) is 7.59. The van der Waals surface area contributed by atoms with E-state index in [2.05, 4.69) is 21.9 Å². The number of sulfonamides is 1. The number of rotatable bonds is 5. The second-order valence-corrected chi connectivity index (χ2v) is 10.2. The third kappa shape index (κ3) is 4.41. The molecule has 0 saturated heterocycles. The van der Waals surface area contributed by atoms with Gasteiger partial charge in [-0.25, -0.2) is 8.42 Å². The number of aromatic nitrogens is 1. The molecule has 1 fully saturated rings. The predicted octanol–water partition coefficient (Wildman–Crippen LogP) is 3.95. The average molecular weight is 454 g/mol. The lowest BCUT2D eigenvalue weighted by Crippen LogP contribution is -2.42. The number of aromatic amines is 1. The molecule has 1 aliphatic carbocycles. The van der Waals surface area contributed by atoms with Gasteiger partial charge in [0.15, 0.2) is 0 Å². The van der Waals surface area contributed by atoms with Crippen LogP contribution in [0, 0.1) is 12.8 Å². The zero-order valence-corrected chi connectivity index (χ0v) is 19.0. The van der Waals surface area contributed by atoms with Crippen molar-refractivity contribution in [2.75, 3.05) is 4.72 Å². The summed E-state index contributed by atoms with van der Waals surface area (Å²) in [5.74, 6) is -0.0744. The SMILES string of the molecule is Cc1ccccc1NS(=O)(=O)c1ccc2[nH]cc(C(=O)N[C@H]3CCCC[C@H]3C)c(=O)c2c1. The molecule has 32 heavy (non-hydrogen) atoms. The molecule has 0 spiro atoms. The van der Waals surface area contributed by atoms with Gasteiger partial charge < -0.3 is 10.3 Å². The Morgan fingerprint density at radius 2 is 1.84 bits per heavy atom. The summed E-state index contributed by atoms with van der Waals surface area (Å²) >= 11 is 0. The Balaban J connectivity index is 1.66. The number of hydrogen-bond acceptors (Lipinski definition) is 4. The highest BCUT2D eigenvalue weighted by atomic mass is 32.2. The van der Waals surface area contributed by atoms with Gasteiger partial charge >= 0.3 is 0 Å². The number of nitrogens with one attached hydrogen (secondary N) is 3. The van der Waals surface area contributed by atoms with Gasteiger partial charge in [0.1, 0.15) is 5.56 Å². The van der Waals surface area contributed by atoms with Crippen molar-refractivity contribution in [2.24, 2.45) is 5.92 Å². The van der Waals surface area contributed by atoms with Crippen molar-refractivity contribution in [3.8, 4) is 0 Å². The van der Waals surface area contributed by atoms with E-state index in [0.29, 0.717) is 17.1 Å². The molecule has 168 valence electrons. The topological polar surface area (TPSA) is 108 Å². The van der Waals surface area contributed by atoms with Crippen LogP contribution >= 0.6 is 0 Å². The number of hydrogen-bond donors (Lipinski definition) is 3. The smallest absolute Gasteiger partial charge is 0.261 e. The van der Waals surface area contributed by atoms with Crippen molar-refractivity contribution < 1.29 is 13.2 Å². The number of para-hydroxylation sites is 1. The van der Waals surface area contributed by atoms with Crippen molar-refractivity contribution in [1.82, 2.24) is 10.3 Å². The predicted molar refractivity (Wildman–Crippen MR) is 125 cm³/mol. The van der Waals surface area contributed by atoms with Crippen LogP contribution in [0.5, 0.6) is 0 Å². The standard InChI is InChI=1S/C24H27N3O4S/c1-15-7-3-5-9-20(15)26-24(29)19-14-25-22-12-11-17(13-18(22)23(19)28)32(30,31)27-21-10-6-4-8-16(21)2/h4,6,8,10-15,20,27H,3,5,7,9H2,1-2H3,(H,25,28)(H,26,29)/t15-,20+/m1/s1. The first-order chi connectivity index (χ1) is 15.3. The molecule has 2 aromatic carbocycles. The molecule has 1 amide bonds. The summed E-state index contributed by atoms with van der Waals surface area (Å²) < 4.78 is 28.4. The van der Waals surface area contributed by atoms with E-state index in [-0.39, 0.29) is 21.9 Å². The maximum Gasteiger partial charge on any atom is 0.261 e. The fraction of sp³-hybridized carbons (Fsp3) is 0.333. The van der Waals surface area contributed by atoms with Crippen LogP contribution in [0.15, 0.2) is 58.4 Å². The van der Waals surface area contributed by atoms with E-state index < -0.39 is 21.4 Å². The Bertz CT molecular complexity index is 1330. The van der Waals surface area contributed by atoms with Crippen LogP contribution in [0.4, 0.5) is 5.69 Å². The van der Waals surface area contributed by atoms with Gasteiger partial charge in [0.05, 0.1) is 10.6 Å². The normalized spacial score (nSPS) is 18.9. The maximum absolute atomic E-state index is 13.1. The molecule has 0 bridgehead atoms. The van der Waals surface area contributed by atoms with Crippen LogP contribution in [-0.2, 0) is 10.0 Å². The van der Waals surface area contributed by atoms with Crippen molar-refractivity contribution in [3.05, 3.63) is 70.0 Å². The van der Waals surface area contributed by atoms with Gasteiger partial charge in [0.25, 0.3) is 15.9 Å². The molecule has 0 aliphatic heterocycles. The maximum atomic E-state index is 13.1. The van der Waals surface area contributed by atoms with E-state index in [1.165, 1.54) is 24.4 Å². The number of fused-ring (bicyclic) bond motifs is 1. The number of carbonyl (C=O) groups excluding carboxylic acids is 1. The van der Waals surface area contributed by atoms with Gasteiger partial charge in [-0.3, -0.25) is 14.3 Å². The van der Waals surface area contributed by atoms with E-state index in [0.717, 1.165) is 31.2 Å². The first-order valence-electron chi connectivity index (χ1n) is 10.8. The van der Waals surface area contributed by atoms with Crippen molar-refractivity contribution in [3.63, 3.8) is 0 Å². The third-order valence-electron chi connectivity index (χ3n) is 6.22. The Morgan fingerprint density at radius 1 is 1.09 bits per heavy atom. The van der Waals surface area contributed by atoms with Gasteiger partial charge in [-0.15, -0.1) is 0 Å². The lowest BCUT2D eigenvalue weighted by molar-refractivity contribution is 0.0909. The number of pyridine rings is 1. The molecule has 0 radical (unpaired) electrons. The number of aryl methyl sites for hydroxylation is 1. The van der Waals surface area contributed by atoms with Crippen LogP contribution in [0.25, 0.3) is 10.9 Å². The fourth-order valence-corrected chi connectivity index (χ4v) is 5.36. The minimum absolute atomic E-state index is 0.0170. The number of amides is 1. The zero-order chi connectivity index (χ0) is 22.9.